The summed E-state index contributed by atoms with van der Waals surface area (Å²) in [6.45, 7) is 1.98. The van der Waals surface area contributed by atoms with E-state index in [2.05, 4.69) is 0 Å². The maximum Gasteiger partial charge on any atom is 0.339 e. The molecule has 0 atom stereocenters. The van der Waals surface area contributed by atoms with E-state index in [1.165, 1.54) is 30.3 Å². The average Bonchev–Trinajstić information content (AvgIpc) is 2.50. The summed E-state index contributed by atoms with van der Waals surface area (Å²) in [5.41, 5.74) is 0.0706. The molecule has 0 aliphatic carbocycles. The van der Waals surface area contributed by atoms with Gasteiger partial charge in [0.05, 0.1) is 12.2 Å². The summed E-state index contributed by atoms with van der Waals surface area (Å²) in [5.74, 6) is -2.08. The van der Waals surface area contributed by atoms with E-state index >= 15 is 0 Å². The Hall–Kier alpha value is -2.89. The molecule has 0 aliphatic heterocycles. The van der Waals surface area contributed by atoms with Crippen LogP contribution in [0.3, 0.4) is 0 Å². The molecule has 5 nitrogen and oxygen atoms in total. The van der Waals surface area contributed by atoms with Gasteiger partial charge in [-0.25, -0.2) is 14.0 Å². The molecule has 0 saturated carbocycles. The van der Waals surface area contributed by atoms with Gasteiger partial charge in [0, 0.05) is 0 Å². The van der Waals surface area contributed by atoms with Crippen LogP contribution in [-0.4, -0.2) is 23.7 Å². The van der Waals surface area contributed by atoms with Gasteiger partial charge in [0.25, 0.3) is 0 Å². The predicted octanol–water partition coefficient (Wildman–Crippen LogP) is 3.49. The molecule has 1 N–H and O–H groups in total. The second-order valence-electron chi connectivity index (χ2n) is 4.29. The van der Waals surface area contributed by atoms with Crippen molar-refractivity contribution in [2.75, 3.05) is 6.61 Å². The van der Waals surface area contributed by atoms with Crippen LogP contribution < -0.4 is 4.74 Å². The van der Waals surface area contributed by atoms with Gasteiger partial charge in [-0.1, -0.05) is 0 Å². The van der Waals surface area contributed by atoms with E-state index in [4.69, 9.17) is 14.6 Å². The van der Waals surface area contributed by atoms with Crippen molar-refractivity contribution < 1.29 is 28.6 Å². The van der Waals surface area contributed by atoms with Crippen molar-refractivity contribution in [3.05, 3.63) is 59.4 Å². The standard InChI is InChI=1S/C16H13FO5/c1-2-21-16(20)10-3-6-12(7-4-10)22-14-8-5-11(17)9-13(14)15(18)19/h3-9H,2H2,1H3,(H,18,19). The minimum absolute atomic E-state index is 0.0118. The van der Waals surface area contributed by atoms with Crippen molar-refractivity contribution in [3.8, 4) is 11.5 Å². The lowest BCUT2D eigenvalue weighted by atomic mass is 10.2. The molecule has 0 heterocycles. The monoisotopic (exact) mass is 304 g/mol. The maximum atomic E-state index is 13.1. The zero-order valence-corrected chi connectivity index (χ0v) is 11.7. The number of carboxylic acids is 1. The number of halogens is 1. The number of benzene rings is 2. The summed E-state index contributed by atoms with van der Waals surface area (Å²) in [7, 11) is 0. The van der Waals surface area contributed by atoms with E-state index in [-0.39, 0.29) is 17.9 Å². The van der Waals surface area contributed by atoms with Gasteiger partial charge in [-0.15, -0.1) is 0 Å². The molecule has 0 saturated heterocycles. The largest absolute Gasteiger partial charge is 0.478 e. The summed E-state index contributed by atoms with van der Waals surface area (Å²) in [6.07, 6.45) is 0. The lowest BCUT2D eigenvalue weighted by molar-refractivity contribution is 0.0526. The number of carbonyl (C=O) groups excluding carboxylic acids is 1. The van der Waals surface area contributed by atoms with Crippen LogP contribution >= 0.6 is 0 Å². The number of hydrogen-bond donors (Lipinski definition) is 1. The molecule has 0 bridgehead atoms. The van der Waals surface area contributed by atoms with Crippen molar-refractivity contribution in [2.24, 2.45) is 0 Å². The van der Waals surface area contributed by atoms with Crippen LogP contribution in [0.5, 0.6) is 11.5 Å². The Balaban J connectivity index is 2.21. The molecule has 114 valence electrons. The number of rotatable bonds is 5. The highest BCUT2D eigenvalue weighted by molar-refractivity contribution is 5.91. The van der Waals surface area contributed by atoms with Gasteiger partial charge in [0.2, 0.25) is 0 Å². The van der Waals surface area contributed by atoms with Gasteiger partial charge >= 0.3 is 11.9 Å². The molecule has 2 rings (SSSR count). The average molecular weight is 304 g/mol. The highest BCUT2D eigenvalue weighted by Gasteiger charge is 2.14. The summed E-state index contributed by atoms with van der Waals surface area (Å²) in [6, 6.07) is 9.22. The molecule has 22 heavy (non-hydrogen) atoms. The van der Waals surface area contributed by atoms with Crippen molar-refractivity contribution in [3.63, 3.8) is 0 Å². The third kappa shape index (κ3) is 3.60. The Morgan fingerprint density at radius 2 is 1.82 bits per heavy atom. The smallest absolute Gasteiger partial charge is 0.339 e. The zero-order valence-electron chi connectivity index (χ0n) is 11.7. The first-order valence-electron chi connectivity index (χ1n) is 6.49. The van der Waals surface area contributed by atoms with Gasteiger partial charge in [-0.3, -0.25) is 0 Å². The molecule has 0 amide bonds. The van der Waals surface area contributed by atoms with Gasteiger partial charge in [-0.2, -0.15) is 0 Å². The van der Waals surface area contributed by atoms with E-state index in [1.807, 2.05) is 0 Å². The van der Waals surface area contributed by atoms with Crippen molar-refractivity contribution in [2.45, 2.75) is 6.92 Å². The van der Waals surface area contributed by atoms with Crippen molar-refractivity contribution in [1.29, 1.82) is 0 Å². The van der Waals surface area contributed by atoms with Crippen LogP contribution in [0, 0.1) is 5.82 Å². The quantitative estimate of drug-likeness (QED) is 0.856. The summed E-state index contributed by atoms with van der Waals surface area (Å²) >= 11 is 0. The third-order valence-electron chi connectivity index (χ3n) is 2.77. The fourth-order valence-corrected chi connectivity index (χ4v) is 1.76. The van der Waals surface area contributed by atoms with Crippen LogP contribution in [0.25, 0.3) is 0 Å². The summed E-state index contributed by atoms with van der Waals surface area (Å²) in [5, 5.41) is 9.04. The topological polar surface area (TPSA) is 72.8 Å². The molecule has 0 unspecified atom stereocenters. The van der Waals surface area contributed by atoms with Crippen molar-refractivity contribution >= 4 is 11.9 Å². The number of carbonyl (C=O) groups is 2. The highest BCUT2D eigenvalue weighted by atomic mass is 19.1. The van der Waals surface area contributed by atoms with Crippen LogP contribution in [0.15, 0.2) is 42.5 Å². The molecule has 2 aromatic rings. The number of carboxylic acid groups (broad SMARTS) is 1. The number of esters is 1. The first kappa shape index (κ1) is 15.5. The van der Waals surface area contributed by atoms with Gasteiger partial charge in [0.1, 0.15) is 22.9 Å². The van der Waals surface area contributed by atoms with Crippen LogP contribution in [0.1, 0.15) is 27.6 Å². The molecular formula is C16H13FO5. The molecule has 0 radical (unpaired) electrons. The molecule has 0 spiro atoms. The second kappa shape index (κ2) is 6.71. The van der Waals surface area contributed by atoms with Crippen LogP contribution in [-0.2, 0) is 4.74 Å². The fraction of sp³-hybridized carbons (Fsp3) is 0.125. The molecule has 0 fully saturated rings. The lowest BCUT2D eigenvalue weighted by Crippen LogP contribution is -2.04. The molecular weight excluding hydrogens is 291 g/mol. The number of aromatic carboxylic acids is 1. The van der Waals surface area contributed by atoms with Crippen LogP contribution in [0.2, 0.25) is 0 Å². The normalized spacial score (nSPS) is 10.1. The molecule has 2 aromatic carbocycles. The third-order valence-corrected chi connectivity index (χ3v) is 2.77. The first-order valence-corrected chi connectivity index (χ1v) is 6.49. The van der Waals surface area contributed by atoms with Gasteiger partial charge in [0.15, 0.2) is 0 Å². The summed E-state index contributed by atoms with van der Waals surface area (Å²) < 4.78 is 23.4. The predicted molar refractivity (Wildman–Crippen MR) is 75.8 cm³/mol. The molecule has 0 aromatic heterocycles. The molecule has 0 aliphatic rings. The Bertz CT molecular complexity index is 694. The Morgan fingerprint density at radius 1 is 1.14 bits per heavy atom. The van der Waals surface area contributed by atoms with E-state index < -0.39 is 17.8 Å². The van der Waals surface area contributed by atoms with E-state index in [0.717, 1.165) is 12.1 Å². The zero-order chi connectivity index (χ0) is 16.1. The number of hydrogen-bond acceptors (Lipinski definition) is 4. The Morgan fingerprint density at radius 3 is 2.41 bits per heavy atom. The maximum absolute atomic E-state index is 13.1. The Labute approximate surface area is 125 Å². The lowest BCUT2D eigenvalue weighted by Gasteiger charge is -2.09. The van der Waals surface area contributed by atoms with E-state index in [0.29, 0.717) is 11.3 Å². The van der Waals surface area contributed by atoms with E-state index in [1.54, 1.807) is 6.92 Å². The first-order chi connectivity index (χ1) is 10.5. The fourth-order valence-electron chi connectivity index (χ4n) is 1.76. The summed E-state index contributed by atoms with van der Waals surface area (Å²) in [4.78, 5) is 22.6. The SMILES string of the molecule is CCOC(=O)c1ccc(Oc2ccc(F)cc2C(=O)O)cc1. The minimum Gasteiger partial charge on any atom is -0.478 e. The number of ether oxygens (including phenoxy) is 2. The van der Waals surface area contributed by atoms with Crippen LogP contribution in [0.4, 0.5) is 4.39 Å². The minimum atomic E-state index is -1.29. The molecule has 6 heteroatoms. The highest BCUT2D eigenvalue weighted by Crippen LogP contribution is 2.26. The van der Waals surface area contributed by atoms with E-state index in [9.17, 15) is 14.0 Å². The van der Waals surface area contributed by atoms with Gasteiger partial charge < -0.3 is 14.6 Å². The van der Waals surface area contributed by atoms with Crippen molar-refractivity contribution in [1.82, 2.24) is 0 Å². The Kier molecular flexibility index (Phi) is 4.73. The second-order valence-corrected chi connectivity index (χ2v) is 4.29. The van der Waals surface area contributed by atoms with Gasteiger partial charge in [-0.05, 0) is 49.4 Å².